The number of likely N-dealkylation sites (N-methyl/N-ethyl adjacent to an activating group) is 1. The third kappa shape index (κ3) is 3.18. The molecule has 1 saturated carbocycles. The van der Waals surface area contributed by atoms with Crippen LogP contribution in [-0.2, 0) is 4.74 Å². The van der Waals surface area contributed by atoms with Crippen LogP contribution in [0.15, 0.2) is 0 Å². The molecule has 0 spiro atoms. The Balaban J connectivity index is 2.73. The molecule has 0 bridgehead atoms. The van der Waals surface area contributed by atoms with Crippen LogP contribution >= 0.6 is 0 Å². The molecular weight excluding hydrogens is 186 g/mol. The van der Waals surface area contributed by atoms with Crippen molar-refractivity contribution in [2.75, 3.05) is 13.7 Å². The van der Waals surface area contributed by atoms with Crippen molar-refractivity contribution in [1.82, 2.24) is 5.32 Å². The van der Waals surface area contributed by atoms with Crippen LogP contribution in [0.3, 0.4) is 0 Å². The fraction of sp³-hybridized carbons (Fsp3) is 1.00. The fourth-order valence-corrected chi connectivity index (χ4v) is 3.05. The van der Waals surface area contributed by atoms with Crippen molar-refractivity contribution in [3.63, 3.8) is 0 Å². The molecule has 0 aromatic carbocycles. The standard InChI is InChI=1S/C13H27NO/c1-4-12(14-3)13(15-5-2)10-8-6-7-9-11-13/h12,14H,4-11H2,1-3H3. The van der Waals surface area contributed by atoms with Crippen LogP contribution in [0.4, 0.5) is 0 Å². The molecular formula is C13H27NO. The Morgan fingerprint density at radius 2 is 1.73 bits per heavy atom. The van der Waals surface area contributed by atoms with Gasteiger partial charge in [-0.2, -0.15) is 0 Å². The van der Waals surface area contributed by atoms with Crippen LogP contribution in [-0.4, -0.2) is 25.3 Å². The van der Waals surface area contributed by atoms with Crippen molar-refractivity contribution in [3.8, 4) is 0 Å². The van der Waals surface area contributed by atoms with E-state index in [2.05, 4.69) is 26.2 Å². The molecule has 0 amide bonds. The average Bonchev–Trinajstić information content (AvgIpc) is 2.47. The minimum absolute atomic E-state index is 0.120. The van der Waals surface area contributed by atoms with Gasteiger partial charge in [-0.1, -0.05) is 32.6 Å². The fourth-order valence-electron chi connectivity index (χ4n) is 3.05. The van der Waals surface area contributed by atoms with Crippen LogP contribution in [0.2, 0.25) is 0 Å². The van der Waals surface area contributed by atoms with Gasteiger partial charge in [0, 0.05) is 12.6 Å². The van der Waals surface area contributed by atoms with Gasteiger partial charge < -0.3 is 10.1 Å². The van der Waals surface area contributed by atoms with Crippen molar-refractivity contribution in [2.24, 2.45) is 0 Å². The van der Waals surface area contributed by atoms with Crippen molar-refractivity contribution in [1.29, 1.82) is 0 Å². The monoisotopic (exact) mass is 213 g/mol. The molecule has 0 aromatic heterocycles. The normalized spacial score (nSPS) is 23.4. The van der Waals surface area contributed by atoms with Crippen molar-refractivity contribution < 1.29 is 4.74 Å². The largest absolute Gasteiger partial charge is 0.374 e. The molecule has 1 aliphatic carbocycles. The van der Waals surface area contributed by atoms with Gasteiger partial charge in [0.15, 0.2) is 0 Å². The molecule has 15 heavy (non-hydrogen) atoms. The molecule has 1 aliphatic rings. The van der Waals surface area contributed by atoms with Crippen molar-refractivity contribution in [2.45, 2.75) is 70.4 Å². The molecule has 0 aromatic rings. The SMILES string of the molecule is CCOC1(C(CC)NC)CCCCCC1. The molecule has 1 rings (SSSR count). The second-order valence-corrected chi connectivity index (χ2v) is 4.66. The number of rotatable bonds is 5. The first-order valence-corrected chi connectivity index (χ1v) is 6.60. The zero-order valence-electron chi connectivity index (χ0n) is 10.6. The third-order valence-corrected chi connectivity index (χ3v) is 3.77. The van der Waals surface area contributed by atoms with Gasteiger partial charge in [-0.05, 0) is 33.2 Å². The van der Waals surface area contributed by atoms with Crippen LogP contribution in [0, 0.1) is 0 Å². The third-order valence-electron chi connectivity index (χ3n) is 3.77. The Morgan fingerprint density at radius 1 is 1.13 bits per heavy atom. The average molecular weight is 213 g/mol. The van der Waals surface area contributed by atoms with E-state index in [4.69, 9.17) is 4.74 Å². The lowest BCUT2D eigenvalue weighted by Crippen LogP contribution is -2.51. The van der Waals surface area contributed by atoms with E-state index in [1.807, 2.05) is 0 Å². The summed E-state index contributed by atoms with van der Waals surface area (Å²) >= 11 is 0. The first kappa shape index (κ1) is 13.0. The van der Waals surface area contributed by atoms with E-state index < -0.39 is 0 Å². The molecule has 0 aliphatic heterocycles. The summed E-state index contributed by atoms with van der Waals surface area (Å²) in [5.41, 5.74) is 0.120. The molecule has 0 heterocycles. The first-order chi connectivity index (χ1) is 7.29. The Bertz CT molecular complexity index is 158. The highest BCUT2D eigenvalue weighted by molar-refractivity contribution is 4.93. The molecule has 1 atom stereocenters. The zero-order chi connectivity index (χ0) is 11.1. The van der Waals surface area contributed by atoms with Gasteiger partial charge in [0.25, 0.3) is 0 Å². The lowest BCUT2D eigenvalue weighted by molar-refractivity contribution is -0.0760. The second-order valence-electron chi connectivity index (χ2n) is 4.66. The predicted molar refractivity (Wildman–Crippen MR) is 65.2 cm³/mol. The highest BCUT2D eigenvalue weighted by Crippen LogP contribution is 2.34. The second kappa shape index (κ2) is 6.49. The summed E-state index contributed by atoms with van der Waals surface area (Å²) in [6.07, 6.45) is 9.07. The summed E-state index contributed by atoms with van der Waals surface area (Å²) in [5.74, 6) is 0. The molecule has 0 saturated heterocycles. The van der Waals surface area contributed by atoms with Crippen LogP contribution in [0.25, 0.3) is 0 Å². The van der Waals surface area contributed by atoms with Crippen LogP contribution in [0.5, 0.6) is 0 Å². The first-order valence-electron chi connectivity index (χ1n) is 6.60. The zero-order valence-corrected chi connectivity index (χ0v) is 10.6. The van der Waals surface area contributed by atoms with E-state index in [1.165, 1.54) is 38.5 Å². The smallest absolute Gasteiger partial charge is 0.0834 e. The summed E-state index contributed by atoms with van der Waals surface area (Å²) in [4.78, 5) is 0. The lowest BCUT2D eigenvalue weighted by atomic mass is 9.84. The minimum atomic E-state index is 0.120. The van der Waals surface area contributed by atoms with E-state index >= 15 is 0 Å². The summed E-state index contributed by atoms with van der Waals surface area (Å²) in [5, 5.41) is 3.45. The van der Waals surface area contributed by atoms with Gasteiger partial charge in [-0.15, -0.1) is 0 Å². The molecule has 0 radical (unpaired) electrons. The quantitative estimate of drug-likeness (QED) is 0.709. The van der Waals surface area contributed by atoms with E-state index in [0.717, 1.165) is 13.0 Å². The Hall–Kier alpha value is -0.0800. The molecule has 2 nitrogen and oxygen atoms in total. The minimum Gasteiger partial charge on any atom is -0.374 e. The highest BCUT2D eigenvalue weighted by atomic mass is 16.5. The number of hydrogen-bond donors (Lipinski definition) is 1. The molecule has 1 N–H and O–H groups in total. The van der Waals surface area contributed by atoms with Gasteiger partial charge in [0.2, 0.25) is 0 Å². The Morgan fingerprint density at radius 3 is 2.13 bits per heavy atom. The predicted octanol–water partition coefficient (Wildman–Crippen LogP) is 3.11. The van der Waals surface area contributed by atoms with E-state index in [0.29, 0.717) is 6.04 Å². The summed E-state index contributed by atoms with van der Waals surface area (Å²) in [7, 11) is 2.07. The number of ether oxygens (including phenoxy) is 1. The van der Waals surface area contributed by atoms with Crippen molar-refractivity contribution >= 4 is 0 Å². The van der Waals surface area contributed by atoms with Crippen molar-refractivity contribution in [3.05, 3.63) is 0 Å². The van der Waals surface area contributed by atoms with Crippen LogP contribution in [0.1, 0.15) is 58.8 Å². The summed E-state index contributed by atoms with van der Waals surface area (Å²) in [6, 6.07) is 0.524. The van der Waals surface area contributed by atoms with Gasteiger partial charge in [-0.3, -0.25) is 0 Å². The Kier molecular flexibility index (Phi) is 5.62. The molecule has 1 unspecified atom stereocenters. The highest BCUT2D eigenvalue weighted by Gasteiger charge is 2.37. The molecule has 2 heteroatoms. The lowest BCUT2D eigenvalue weighted by Gasteiger charge is -2.39. The number of hydrogen-bond acceptors (Lipinski definition) is 2. The van der Waals surface area contributed by atoms with Gasteiger partial charge >= 0.3 is 0 Å². The maximum atomic E-state index is 6.13. The van der Waals surface area contributed by atoms with E-state index in [9.17, 15) is 0 Å². The Labute approximate surface area is 94.8 Å². The summed E-state index contributed by atoms with van der Waals surface area (Å²) in [6.45, 7) is 5.22. The van der Waals surface area contributed by atoms with Gasteiger partial charge in [-0.25, -0.2) is 0 Å². The van der Waals surface area contributed by atoms with Crippen LogP contribution < -0.4 is 5.32 Å². The topological polar surface area (TPSA) is 21.3 Å². The maximum Gasteiger partial charge on any atom is 0.0834 e. The maximum absolute atomic E-state index is 6.13. The molecule has 1 fully saturated rings. The van der Waals surface area contributed by atoms with Gasteiger partial charge in [0.1, 0.15) is 0 Å². The number of nitrogens with one attached hydrogen (secondary N) is 1. The van der Waals surface area contributed by atoms with Gasteiger partial charge in [0.05, 0.1) is 5.60 Å². The van der Waals surface area contributed by atoms with E-state index in [1.54, 1.807) is 0 Å². The summed E-state index contributed by atoms with van der Waals surface area (Å²) < 4.78 is 6.13. The molecule has 90 valence electrons. The van der Waals surface area contributed by atoms with E-state index in [-0.39, 0.29) is 5.60 Å².